The van der Waals surface area contributed by atoms with Gasteiger partial charge in [-0.25, -0.2) is 9.59 Å². The summed E-state index contributed by atoms with van der Waals surface area (Å²) in [5, 5.41) is 27.9. The quantitative estimate of drug-likeness (QED) is 0.379. The van der Waals surface area contributed by atoms with Gasteiger partial charge in [0.2, 0.25) is 5.91 Å². The van der Waals surface area contributed by atoms with Crippen LogP contribution < -0.4 is 0 Å². The summed E-state index contributed by atoms with van der Waals surface area (Å²) in [4.78, 5) is 37.3. The van der Waals surface area contributed by atoms with Crippen LogP contribution in [0.25, 0.3) is 0 Å². The average Bonchev–Trinajstić information content (AvgIpc) is 2.88. The Hall–Kier alpha value is -2.42. The number of aliphatic hydroxyl groups is 1. The van der Waals surface area contributed by atoms with E-state index in [1.807, 2.05) is 25.1 Å². The Labute approximate surface area is 237 Å². The van der Waals surface area contributed by atoms with Crippen molar-refractivity contribution in [2.24, 2.45) is 5.92 Å². The van der Waals surface area contributed by atoms with Gasteiger partial charge in [-0.1, -0.05) is 56.0 Å². The van der Waals surface area contributed by atoms with Gasteiger partial charge in [0.15, 0.2) is 0 Å². The lowest BCUT2D eigenvalue weighted by Gasteiger charge is -2.48. The Kier molecular flexibility index (Phi) is 12.5. The van der Waals surface area contributed by atoms with E-state index in [4.69, 9.17) is 21.8 Å². The number of piperidine rings is 1. The van der Waals surface area contributed by atoms with Crippen molar-refractivity contribution >= 4 is 29.4 Å². The Bertz CT molecular complexity index is 975. The van der Waals surface area contributed by atoms with Crippen LogP contribution in [-0.4, -0.2) is 79.8 Å². The maximum atomic E-state index is 13.7. The molecular weight excluding hydrogens is 520 g/mol. The maximum absolute atomic E-state index is 13.7. The first-order valence-electron chi connectivity index (χ1n) is 13.9. The third-order valence-corrected chi connectivity index (χ3v) is 8.19. The molecule has 9 heteroatoms. The number of carbonyl (C=O) groups excluding carboxylic acids is 1. The summed E-state index contributed by atoms with van der Waals surface area (Å²) < 4.78 is 0. The molecule has 2 aliphatic rings. The molecule has 2 fully saturated rings. The molecule has 0 aromatic heterocycles. The van der Waals surface area contributed by atoms with Gasteiger partial charge in [0.25, 0.3) is 0 Å². The van der Waals surface area contributed by atoms with Gasteiger partial charge >= 0.3 is 11.9 Å². The summed E-state index contributed by atoms with van der Waals surface area (Å²) in [6, 6.07) is 8.31. The number of hydrogen-bond donors (Lipinski definition) is 3. The summed E-state index contributed by atoms with van der Waals surface area (Å²) in [7, 11) is 0. The van der Waals surface area contributed by atoms with Gasteiger partial charge in [0, 0.05) is 48.4 Å². The Morgan fingerprint density at radius 3 is 2.08 bits per heavy atom. The number of benzene rings is 1. The van der Waals surface area contributed by atoms with Gasteiger partial charge in [0.05, 0.1) is 11.5 Å². The van der Waals surface area contributed by atoms with Crippen LogP contribution in [0.5, 0.6) is 0 Å². The molecule has 8 nitrogen and oxygen atoms in total. The van der Waals surface area contributed by atoms with E-state index in [9.17, 15) is 19.5 Å². The number of rotatable bonds is 8. The molecule has 218 valence electrons. The molecule has 1 heterocycles. The molecule has 39 heavy (non-hydrogen) atoms. The Morgan fingerprint density at radius 2 is 1.59 bits per heavy atom. The summed E-state index contributed by atoms with van der Waals surface area (Å²) in [6.45, 7) is 10.9. The van der Waals surface area contributed by atoms with Crippen molar-refractivity contribution in [2.45, 2.75) is 96.2 Å². The first-order chi connectivity index (χ1) is 18.2. The molecule has 3 N–H and O–H groups in total. The normalized spacial score (nSPS) is 19.1. The first kappa shape index (κ1) is 32.8. The second-order valence-electron chi connectivity index (χ2n) is 11.7. The van der Waals surface area contributed by atoms with Crippen LogP contribution in [0.4, 0.5) is 0 Å². The molecule has 1 atom stereocenters. The van der Waals surface area contributed by atoms with Crippen LogP contribution >= 0.6 is 11.6 Å². The number of hydrogen-bond acceptors (Lipinski definition) is 5. The molecule has 3 rings (SSSR count). The van der Waals surface area contributed by atoms with E-state index in [2.05, 4.69) is 36.6 Å². The molecule has 0 radical (unpaired) electrons. The van der Waals surface area contributed by atoms with Crippen molar-refractivity contribution in [1.82, 2.24) is 9.80 Å². The predicted octanol–water partition coefficient (Wildman–Crippen LogP) is 5.02. The zero-order chi connectivity index (χ0) is 29.2. The molecule has 1 saturated heterocycles. The number of likely N-dealkylation sites (tertiary alicyclic amines) is 1. The molecule has 0 bridgehead atoms. The van der Waals surface area contributed by atoms with Crippen molar-refractivity contribution in [2.75, 3.05) is 19.6 Å². The molecule has 1 unspecified atom stereocenters. The highest BCUT2D eigenvalue weighted by molar-refractivity contribution is 6.31. The van der Waals surface area contributed by atoms with E-state index in [-0.39, 0.29) is 17.4 Å². The molecule has 1 aromatic rings. The lowest BCUT2D eigenvalue weighted by Crippen LogP contribution is -2.59. The Balaban J connectivity index is 0.000000580. The van der Waals surface area contributed by atoms with Crippen LogP contribution in [0, 0.1) is 5.92 Å². The van der Waals surface area contributed by atoms with Crippen molar-refractivity contribution in [3.8, 4) is 0 Å². The van der Waals surface area contributed by atoms with E-state index in [0.717, 1.165) is 43.9 Å². The standard InChI is InChI=1S/C26H41ClN2O2.C4H4O4/c1-20(24(30)29(25(2,3)4)22-11-6-5-7-12-22)26(31)15-18-28(19-16-26)17-14-21-10-8-9-13-23(21)27;5-3(6)1-2-4(7)8/h8-10,13,20,22,31H,5-7,11-12,14-19H2,1-4H3;1-2H,(H,5,6)(H,7,8)/b;2-1+. The minimum Gasteiger partial charge on any atom is -0.478 e. The molecule has 0 spiro atoms. The number of nitrogens with zero attached hydrogens (tertiary/aromatic N) is 2. The van der Waals surface area contributed by atoms with E-state index in [1.165, 1.54) is 24.8 Å². The summed E-state index contributed by atoms with van der Waals surface area (Å²) in [6.07, 6.45) is 9.15. The minimum atomic E-state index is -1.26. The van der Waals surface area contributed by atoms with Crippen molar-refractivity contribution in [3.05, 3.63) is 47.0 Å². The van der Waals surface area contributed by atoms with Crippen LogP contribution in [-0.2, 0) is 20.8 Å². The fourth-order valence-electron chi connectivity index (χ4n) is 5.56. The van der Waals surface area contributed by atoms with Crippen molar-refractivity contribution < 1.29 is 29.7 Å². The van der Waals surface area contributed by atoms with E-state index >= 15 is 0 Å². The second kappa shape index (κ2) is 14.8. The number of halogens is 1. The van der Waals surface area contributed by atoms with E-state index in [0.29, 0.717) is 31.0 Å². The molecule has 1 aliphatic carbocycles. The highest BCUT2D eigenvalue weighted by Gasteiger charge is 2.45. The average molecular weight is 565 g/mol. The predicted molar refractivity (Wildman–Crippen MR) is 153 cm³/mol. The van der Waals surface area contributed by atoms with Crippen molar-refractivity contribution in [1.29, 1.82) is 0 Å². The van der Waals surface area contributed by atoms with Crippen LogP contribution in [0.1, 0.15) is 78.2 Å². The largest absolute Gasteiger partial charge is 0.478 e. The lowest BCUT2D eigenvalue weighted by molar-refractivity contribution is -0.157. The number of amides is 1. The van der Waals surface area contributed by atoms with E-state index < -0.39 is 17.5 Å². The van der Waals surface area contributed by atoms with Gasteiger partial charge in [-0.3, -0.25) is 4.79 Å². The zero-order valence-corrected chi connectivity index (χ0v) is 24.5. The second-order valence-corrected chi connectivity index (χ2v) is 12.1. The van der Waals surface area contributed by atoms with Crippen molar-refractivity contribution in [3.63, 3.8) is 0 Å². The monoisotopic (exact) mass is 564 g/mol. The van der Waals surface area contributed by atoms with Crippen LogP contribution in [0.2, 0.25) is 5.02 Å². The summed E-state index contributed by atoms with van der Waals surface area (Å²) >= 11 is 6.29. The first-order valence-corrected chi connectivity index (χ1v) is 14.3. The van der Waals surface area contributed by atoms with E-state index in [1.54, 1.807) is 0 Å². The third-order valence-electron chi connectivity index (χ3n) is 7.82. The summed E-state index contributed by atoms with van der Waals surface area (Å²) in [5.74, 6) is -2.76. The molecule has 1 aromatic carbocycles. The number of carboxylic acids is 2. The lowest BCUT2D eigenvalue weighted by atomic mass is 9.78. The minimum absolute atomic E-state index is 0.131. The number of carboxylic acid groups (broad SMARTS) is 2. The smallest absolute Gasteiger partial charge is 0.328 e. The molecule has 1 amide bonds. The van der Waals surface area contributed by atoms with Gasteiger partial charge in [-0.2, -0.15) is 0 Å². The fraction of sp³-hybridized carbons (Fsp3) is 0.633. The highest BCUT2D eigenvalue weighted by Crippen LogP contribution is 2.36. The maximum Gasteiger partial charge on any atom is 0.328 e. The van der Waals surface area contributed by atoms with Gasteiger partial charge in [0.1, 0.15) is 0 Å². The Morgan fingerprint density at radius 1 is 1.05 bits per heavy atom. The van der Waals surface area contributed by atoms with Crippen LogP contribution in [0.3, 0.4) is 0 Å². The molecule has 1 aliphatic heterocycles. The molecule has 1 saturated carbocycles. The van der Waals surface area contributed by atoms with Gasteiger partial charge in [-0.05, 0) is 64.5 Å². The van der Waals surface area contributed by atoms with Crippen LogP contribution in [0.15, 0.2) is 36.4 Å². The zero-order valence-electron chi connectivity index (χ0n) is 23.7. The van der Waals surface area contributed by atoms with Gasteiger partial charge < -0.3 is 25.1 Å². The molecular formula is C30H45ClN2O6. The summed E-state index contributed by atoms with van der Waals surface area (Å²) in [5.41, 5.74) is 0.0250. The topological polar surface area (TPSA) is 118 Å². The fourth-order valence-corrected chi connectivity index (χ4v) is 5.79. The number of aliphatic carboxylic acids is 2. The van der Waals surface area contributed by atoms with Gasteiger partial charge in [-0.15, -0.1) is 0 Å². The third kappa shape index (κ3) is 10.2. The SMILES string of the molecule is CC(C(=O)N(C1CCCCC1)C(C)(C)C)C1(O)CCN(CCc2ccccc2Cl)CC1.O=C(O)/C=C/C(=O)O. The highest BCUT2D eigenvalue weighted by atomic mass is 35.5. The number of carbonyl (C=O) groups is 3.